The van der Waals surface area contributed by atoms with Gasteiger partial charge in [0, 0.05) is 6.42 Å². The molecule has 0 aliphatic heterocycles. The third-order valence-electron chi connectivity index (χ3n) is 7.13. The maximum Gasteiger partial charge on any atom is 0.222 e. The van der Waals surface area contributed by atoms with Gasteiger partial charge in [-0.25, -0.2) is 0 Å². The molecule has 0 aromatic heterocycles. The second-order valence-electron chi connectivity index (χ2n) is 9.54. The molecule has 2 amide bonds. The summed E-state index contributed by atoms with van der Waals surface area (Å²) in [6, 6.07) is 43.8. The fraction of sp³-hybridized carbons (Fsp3) is 0.118. The SMILES string of the molecule is NC(=O)C(CC(=O)NC(c1ccccc1)(c1ccccc1)c1ccccc1)Cc1cccc2ccccc12. The molecule has 0 saturated carbocycles. The van der Waals surface area contributed by atoms with Crippen molar-refractivity contribution in [2.24, 2.45) is 11.7 Å². The molecule has 3 N–H and O–H groups in total. The summed E-state index contributed by atoms with van der Waals surface area (Å²) in [4.78, 5) is 26.4. The summed E-state index contributed by atoms with van der Waals surface area (Å²) in [5.74, 6) is -1.38. The molecule has 0 aliphatic rings. The molecule has 0 heterocycles. The van der Waals surface area contributed by atoms with Crippen LogP contribution in [0.5, 0.6) is 0 Å². The number of hydrogen-bond acceptors (Lipinski definition) is 2. The van der Waals surface area contributed by atoms with Crippen molar-refractivity contribution in [1.29, 1.82) is 0 Å². The summed E-state index contributed by atoms with van der Waals surface area (Å²) in [5.41, 5.74) is 8.69. The lowest BCUT2D eigenvalue weighted by atomic mass is 9.76. The van der Waals surface area contributed by atoms with Crippen molar-refractivity contribution < 1.29 is 9.59 Å². The van der Waals surface area contributed by atoms with Gasteiger partial charge in [0.1, 0.15) is 5.54 Å². The molecule has 0 radical (unpaired) electrons. The van der Waals surface area contributed by atoms with Gasteiger partial charge in [0.15, 0.2) is 0 Å². The van der Waals surface area contributed by atoms with Crippen LogP contribution in [0.25, 0.3) is 10.8 Å². The van der Waals surface area contributed by atoms with E-state index in [4.69, 9.17) is 5.73 Å². The fourth-order valence-electron chi connectivity index (χ4n) is 5.27. The molecule has 1 unspecified atom stereocenters. The second kappa shape index (κ2) is 11.1. The molecule has 0 bridgehead atoms. The van der Waals surface area contributed by atoms with Crippen LogP contribution in [-0.2, 0) is 21.5 Å². The van der Waals surface area contributed by atoms with E-state index in [-0.39, 0.29) is 12.3 Å². The van der Waals surface area contributed by atoms with E-state index in [0.29, 0.717) is 6.42 Å². The van der Waals surface area contributed by atoms with Crippen LogP contribution in [0.1, 0.15) is 28.7 Å². The zero-order valence-electron chi connectivity index (χ0n) is 21.1. The highest BCUT2D eigenvalue weighted by Gasteiger charge is 2.38. The largest absolute Gasteiger partial charge is 0.369 e. The summed E-state index contributed by atoms with van der Waals surface area (Å²) in [6.45, 7) is 0. The number of rotatable bonds is 9. The Morgan fingerprint density at radius 2 is 1.11 bits per heavy atom. The van der Waals surface area contributed by atoms with Crippen LogP contribution in [-0.4, -0.2) is 11.8 Å². The van der Waals surface area contributed by atoms with E-state index < -0.39 is 17.4 Å². The first-order valence-electron chi connectivity index (χ1n) is 12.8. The molecule has 5 aromatic rings. The normalized spacial score (nSPS) is 12.1. The number of benzene rings is 5. The molecule has 0 saturated heterocycles. The van der Waals surface area contributed by atoms with Crippen LogP contribution in [0, 0.1) is 5.92 Å². The molecule has 0 spiro atoms. The summed E-state index contributed by atoms with van der Waals surface area (Å²) in [7, 11) is 0. The van der Waals surface area contributed by atoms with E-state index in [1.165, 1.54) is 0 Å². The van der Waals surface area contributed by atoms with Crippen LogP contribution in [0.2, 0.25) is 0 Å². The van der Waals surface area contributed by atoms with Gasteiger partial charge in [-0.1, -0.05) is 133 Å². The minimum atomic E-state index is -0.942. The Morgan fingerprint density at radius 1 is 0.632 bits per heavy atom. The van der Waals surface area contributed by atoms with Crippen molar-refractivity contribution in [3.63, 3.8) is 0 Å². The number of nitrogens with two attached hydrogens (primary N) is 1. The van der Waals surface area contributed by atoms with Gasteiger partial charge in [0.2, 0.25) is 11.8 Å². The smallest absolute Gasteiger partial charge is 0.222 e. The molecule has 5 aromatic carbocycles. The van der Waals surface area contributed by atoms with Crippen molar-refractivity contribution in [2.75, 3.05) is 0 Å². The minimum Gasteiger partial charge on any atom is -0.369 e. The van der Waals surface area contributed by atoms with Crippen molar-refractivity contribution in [1.82, 2.24) is 5.32 Å². The highest BCUT2D eigenvalue weighted by atomic mass is 16.2. The van der Waals surface area contributed by atoms with Gasteiger partial charge >= 0.3 is 0 Å². The quantitative estimate of drug-likeness (QED) is 0.245. The van der Waals surface area contributed by atoms with Crippen LogP contribution in [0.15, 0.2) is 133 Å². The molecule has 0 fully saturated rings. The predicted octanol–water partition coefficient (Wildman–Crippen LogP) is 5.98. The number of amides is 2. The Balaban J connectivity index is 1.52. The van der Waals surface area contributed by atoms with E-state index >= 15 is 0 Å². The number of carbonyl (C=O) groups excluding carboxylic acids is 2. The molecular weight excluding hydrogens is 468 g/mol. The van der Waals surface area contributed by atoms with Gasteiger partial charge in [0.05, 0.1) is 5.92 Å². The number of hydrogen-bond donors (Lipinski definition) is 2. The lowest BCUT2D eigenvalue weighted by Gasteiger charge is -2.37. The number of fused-ring (bicyclic) bond motifs is 1. The van der Waals surface area contributed by atoms with E-state index in [1.807, 2.05) is 133 Å². The second-order valence-corrected chi connectivity index (χ2v) is 9.54. The van der Waals surface area contributed by atoms with E-state index in [2.05, 4.69) is 5.32 Å². The molecular formula is C34H30N2O2. The van der Waals surface area contributed by atoms with Crippen molar-refractivity contribution in [3.05, 3.63) is 156 Å². The molecule has 188 valence electrons. The van der Waals surface area contributed by atoms with Gasteiger partial charge in [-0.3, -0.25) is 9.59 Å². The third-order valence-corrected chi connectivity index (χ3v) is 7.13. The molecule has 5 rings (SSSR count). The lowest BCUT2D eigenvalue weighted by molar-refractivity contribution is -0.129. The average molecular weight is 499 g/mol. The van der Waals surface area contributed by atoms with Gasteiger partial charge < -0.3 is 11.1 Å². The molecule has 38 heavy (non-hydrogen) atoms. The van der Waals surface area contributed by atoms with Crippen LogP contribution in [0.3, 0.4) is 0 Å². The maximum atomic E-state index is 13.8. The van der Waals surface area contributed by atoms with E-state index in [1.54, 1.807) is 0 Å². The molecule has 4 heteroatoms. The van der Waals surface area contributed by atoms with Crippen molar-refractivity contribution >= 4 is 22.6 Å². The lowest BCUT2D eigenvalue weighted by Crippen LogP contribution is -2.48. The standard InChI is InChI=1S/C34H30N2O2/c35-33(38)27(23-26-15-12-14-25-13-10-11-22-31(25)26)24-32(37)36-34(28-16-4-1-5-17-28,29-18-6-2-7-19-29)30-20-8-3-9-21-30/h1-22,27H,23-24H2,(H2,35,38)(H,36,37). The molecule has 4 nitrogen and oxygen atoms in total. The topological polar surface area (TPSA) is 72.2 Å². The van der Waals surface area contributed by atoms with Crippen molar-refractivity contribution in [3.8, 4) is 0 Å². The highest BCUT2D eigenvalue weighted by molar-refractivity contribution is 5.89. The Morgan fingerprint density at radius 3 is 1.63 bits per heavy atom. The van der Waals surface area contributed by atoms with E-state index in [0.717, 1.165) is 33.0 Å². The summed E-state index contributed by atoms with van der Waals surface area (Å²) >= 11 is 0. The van der Waals surface area contributed by atoms with Gasteiger partial charge in [-0.05, 0) is 39.4 Å². The fourth-order valence-corrected chi connectivity index (χ4v) is 5.27. The van der Waals surface area contributed by atoms with E-state index in [9.17, 15) is 9.59 Å². The van der Waals surface area contributed by atoms with Gasteiger partial charge in [-0.15, -0.1) is 0 Å². The zero-order chi connectivity index (χ0) is 26.4. The maximum absolute atomic E-state index is 13.8. The monoisotopic (exact) mass is 498 g/mol. The van der Waals surface area contributed by atoms with Crippen LogP contribution in [0.4, 0.5) is 0 Å². The summed E-state index contributed by atoms with van der Waals surface area (Å²) in [6.07, 6.45) is 0.367. The van der Waals surface area contributed by atoms with Gasteiger partial charge in [-0.2, -0.15) is 0 Å². The number of primary amides is 1. The Bertz CT molecular complexity index is 1430. The first-order valence-corrected chi connectivity index (χ1v) is 12.8. The van der Waals surface area contributed by atoms with Gasteiger partial charge in [0.25, 0.3) is 0 Å². The summed E-state index contributed by atoms with van der Waals surface area (Å²) < 4.78 is 0. The van der Waals surface area contributed by atoms with Crippen LogP contribution < -0.4 is 11.1 Å². The van der Waals surface area contributed by atoms with Crippen LogP contribution >= 0.6 is 0 Å². The minimum absolute atomic E-state index is 0.0210. The Kier molecular flexibility index (Phi) is 7.32. The van der Waals surface area contributed by atoms with Crippen molar-refractivity contribution in [2.45, 2.75) is 18.4 Å². The number of carbonyl (C=O) groups is 2. The Labute approximate surface area is 223 Å². The first-order chi connectivity index (χ1) is 18.6. The molecule has 0 aliphatic carbocycles. The zero-order valence-corrected chi connectivity index (χ0v) is 21.1. The first kappa shape index (κ1) is 25.0. The Hall–Kier alpha value is -4.70. The number of nitrogens with one attached hydrogen (secondary N) is 1. The molecule has 1 atom stereocenters. The average Bonchev–Trinajstić information content (AvgIpc) is 2.97. The predicted molar refractivity (Wildman–Crippen MR) is 152 cm³/mol. The highest BCUT2D eigenvalue weighted by Crippen LogP contribution is 2.37. The third kappa shape index (κ3) is 5.07. The summed E-state index contributed by atoms with van der Waals surface area (Å²) in [5, 5.41) is 5.50.